The van der Waals surface area contributed by atoms with Gasteiger partial charge in [0.15, 0.2) is 0 Å². The van der Waals surface area contributed by atoms with Crippen molar-refractivity contribution in [2.75, 3.05) is 6.54 Å². The Morgan fingerprint density at radius 2 is 2.38 bits per heavy atom. The normalized spacial score (nSPS) is 15.1. The molecule has 86 valence electrons. The third kappa shape index (κ3) is 3.06. The van der Waals surface area contributed by atoms with Crippen LogP contribution in [-0.2, 0) is 6.54 Å². The first-order chi connectivity index (χ1) is 7.66. The van der Waals surface area contributed by atoms with Crippen LogP contribution in [0.1, 0.15) is 12.8 Å². The first-order valence-corrected chi connectivity index (χ1v) is 6.21. The number of rotatable bonds is 5. The number of halogens is 1. The lowest BCUT2D eigenvalue weighted by Gasteiger charge is -2.09. The van der Waals surface area contributed by atoms with Crippen LogP contribution in [0.15, 0.2) is 39.7 Å². The lowest BCUT2D eigenvalue weighted by atomic mass is 10.3. The van der Waals surface area contributed by atoms with Crippen LogP contribution in [-0.4, -0.2) is 17.2 Å². The van der Waals surface area contributed by atoms with E-state index in [1.54, 1.807) is 16.8 Å². The van der Waals surface area contributed by atoms with Gasteiger partial charge in [0, 0.05) is 25.3 Å². The van der Waals surface area contributed by atoms with E-state index >= 15 is 0 Å². The molecule has 0 atom stereocenters. The SMILES string of the molecule is C=C(CNC1CC1)Cn1cccc(Br)c1=O. The van der Waals surface area contributed by atoms with Crippen LogP contribution in [0.4, 0.5) is 0 Å². The Morgan fingerprint density at radius 1 is 1.62 bits per heavy atom. The Bertz CT molecular complexity index is 449. The van der Waals surface area contributed by atoms with E-state index in [1.165, 1.54) is 12.8 Å². The number of nitrogens with one attached hydrogen (secondary N) is 1. The van der Waals surface area contributed by atoms with E-state index in [0.717, 1.165) is 12.1 Å². The summed E-state index contributed by atoms with van der Waals surface area (Å²) in [5, 5.41) is 3.38. The quantitative estimate of drug-likeness (QED) is 0.838. The van der Waals surface area contributed by atoms with Crippen molar-refractivity contribution in [1.82, 2.24) is 9.88 Å². The minimum absolute atomic E-state index is 0.00456. The molecule has 1 N–H and O–H groups in total. The summed E-state index contributed by atoms with van der Waals surface area (Å²) in [6.07, 6.45) is 4.32. The van der Waals surface area contributed by atoms with E-state index in [4.69, 9.17) is 0 Å². The molecule has 1 fully saturated rings. The van der Waals surface area contributed by atoms with E-state index < -0.39 is 0 Å². The molecule has 0 unspecified atom stereocenters. The molecule has 1 aliphatic carbocycles. The molecule has 0 saturated heterocycles. The lowest BCUT2D eigenvalue weighted by molar-refractivity contribution is 0.669. The maximum atomic E-state index is 11.7. The molecular weight excluding hydrogens is 268 g/mol. The van der Waals surface area contributed by atoms with Crippen LogP contribution in [0.5, 0.6) is 0 Å². The Labute approximate surface area is 103 Å². The summed E-state index contributed by atoms with van der Waals surface area (Å²) in [6.45, 7) is 5.36. The summed E-state index contributed by atoms with van der Waals surface area (Å²) in [5.41, 5.74) is 1.03. The van der Waals surface area contributed by atoms with Gasteiger partial charge in [0.2, 0.25) is 0 Å². The third-order valence-electron chi connectivity index (χ3n) is 2.59. The number of nitrogens with zero attached hydrogens (tertiary/aromatic N) is 1. The molecule has 0 aliphatic heterocycles. The fraction of sp³-hybridized carbons (Fsp3) is 0.417. The van der Waals surface area contributed by atoms with Crippen molar-refractivity contribution in [1.29, 1.82) is 0 Å². The van der Waals surface area contributed by atoms with Gasteiger partial charge in [-0.25, -0.2) is 0 Å². The molecule has 4 heteroatoms. The van der Waals surface area contributed by atoms with Crippen molar-refractivity contribution < 1.29 is 0 Å². The molecule has 1 saturated carbocycles. The molecular formula is C12H15BrN2O. The highest BCUT2D eigenvalue weighted by atomic mass is 79.9. The second kappa shape index (κ2) is 4.97. The van der Waals surface area contributed by atoms with Gasteiger partial charge in [-0.05, 0) is 46.5 Å². The predicted molar refractivity (Wildman–Crippen MR) is 68.6 cm³/mol. The molecule has 0 bridgehead atoms. The molecule has 16 heavy (non-hydrogen) atoms. The summed E-state index contributed by atoms with van der Waals surface area (Å²) in [6, 6.07) is 4.29. The zero-order valence-electron chi connectivity index (χ0n) is 9.08. The third-order valence-corrected chi connectivity index (χ3v) is 3.19. The summed E-state index contributed by atoms with van der Waals surface area (Å²) in [4.78, 5) is 11.7. The van der Waals surface area contributed by atoms with Gasteiger partial charge < -0.3 is 9.88 Å². The standard InChI is InChI=1S/C12H15BrN2O/c1-9(7-14-10-4-5-10)8-15-6-2-3-11(13)12(15)16/h2-3,6,10,14H,1,4-5,7-8H2. The zero-order valence-corrected chi connectivity index (χ0v) is 10.7. The summed E-state index contributed by atoms with van der Waals surface area (Å²) >= 11 is 3.23. The van der Waals surface area contributed by atoms with Crippen LogP contribution in [0, 0.1) is 0 Å². The van der Waals surface area contributed by atoms with E-state index in [0.29, 0.717) is 17.1 Å². The monoisotopic (exact) mass is 282 g/mol. The molecule has 2 rings (SSSR count). The van der Waals surface area contributed by atoms with Gasteiger partial charge in [-0.3, -0.25) is 4.79 Å². The van der Waals surface area contributed by atoms with Gasteiger partial charge in [0.05, 0.1) is 4.47 Å². The smallest absolute Gasteiger partial charge is 0.265 e. The second-order valence-electron chi connectivity index (χ2n) is 4.19. The maximum Gasteiger partial charge on any atom is 0.265 e. The van der Waals surface area contributed by atoms with Crippen molar-refractivity contribution in [3.05, 3.63) is 45.3 Å². The Kier molecular flexibility index (Phi) is 3.61. The fourth-order valence-electron chi connectivity index (χ4n) is 1.51. The topological polar surface area (TPSA) is 34.0 Å². The van der Waals surface area contributed by atoms with Crippen molar-refractivity contribution in [2.24, 2.45) is 0 Å². The first-order valence-electron chi connectivity index (χ1n) is 5.42. The molecule has 1 heterocycles. The summed E-state index contributed by atoms with van der Waals surface area (Å²) in [7, 11) is 0. The minimum atomic E-state index is -0.00456. The van der Waals surface area contributed by atoms with E-state index in [1.807, 2.05) is 6.07 Å². The Morgan fingerprint density at radius 3 is 3.06 bits per heavy atom. The number of aromatic nitrogens is 1. The van der Waals surface area contributed by atoms with E-state index in [-0.39, 0.29) is 5.56 Å². The summed E-state index contributed by atoms with van der Waals surface area (Å²) in [5.74, 6) is 0. The van der Waals surface area contributed by atoms with E-state index in [2.05, 4.69) is 27.8 Å². The van der Waals surface area contributed by atoms with Crippen molar-refractivity contribution in [3.63, 3.8) is 0 Å². The molecule has 1 aliphatic rings. The van der Waals surface area contributed by atoms with Crippen molar-refractivity contribution in [3.8, 4) is 0 Å². The number of pyridine rings is 1. The van der Waals surface area contributed by atoms with Gasteiger partial charge in [0.1, 0.15) is 0 Å². The van der Waals surface area contributed by atoms with Gasteiger partial charge in [-0.15, -0.1) is 0 Å². The zero-order chi connectivity index (χ0) is 11.5. The average molecular weight is 283 g/mol. The van der Waals surface area contributed by atoms with Crippen molar-refractivity contribution >= 4 is 15.9 Å². The predicted octanol–water partition coefficient (Wildman–Crippen LogP) is 1.92. The van der Waals surface area contributed by atoms with Gasteiger partial charge >= 0.3 is 0 Å². The second-order valence-corrected chi connectivity index (χ2v) is 5.05. The first kappa shape index (κ1) is 11.6. The molecule has 1 aromatic heterocycles. The molecule has 0 radical (unpaired) electrons. The van der Waals surface area contributed by atoms with Crippen LogP contribution >= 0.6 is 15.9 Å². The number of hydrogen-bond acceptors (Lipinski definition) is 2. The highest BCUT2D eigenvalue weighted by Gasteiger charge is 2.20. The lowest BCUT2D eigenvalue weighted by Crippen LogP contribution is -2.25. The fourth-order valence-corrected chi connectivity index (χ4v) is 1.89. The molecule has 0 aromatic carbocycles. The van der Waals surface area contributed by atoms with Crippen LogP contribution in [0.3, 0.4) is 0 Å². The van der Waals surface area contributed by atoms with Crippen LogP contribution in [0.25, 0.3) is 0 Å². The van der Waals surface area contributed by atoms with Crippen molar-refractivity contribution in [2.45, 2.75) is 25.4 Å². The minimum Gasteiger partial charge on any atom is -0.310 e. The summed E-state index contributed by atoms with van der Waals surface area (Å²) < 4.78 is 2.26. The van der Waals surface area contributed by atoms with Gasteiger partial charge in [-0.1, -0.05) is 6.58 Å². The highest BCUT2D eigenvalue weighted by molar-refractivity contribution is 9.10. The van der Waals surface area contributed by atoms with Gasteiger partial charge in [0.25, 0.3) is 5.56 Å². The molecule has 0 spiro atoms. The van der Waals surface area contributed by atoms with Gasteiger partial charge in [-0.2, -0.15) is 0 Å². The molecule has 3 nitrogen and oxygen atoms in total. The maximum absolute atomic E-state index is 11.7. The Balaban J connectivity index is 1.94. The van der Waals surface area contributed by atoms with Crippen LogP contribution in [0.2, 0.25) is 0 Å². The Hall–Kier alpha value is -0.870. The van der Waals surface area contributed by atoms with Crippen LogP contribution < -0.4 is 10.9 Å². The average Bonchev–Trinajstić information content (AvgIpc) is 3.06. The molecule has 1 aromatic rings. The largest absolute Gasteiger partial charge is 0.310 e. The number of hydrogen-bond donors (Lipinski definition) is 1. The highest BCUT2D eigenvalue weighted by Crippen LogP contribution is 2.18. The molecule has 0 amide bonds. The van der Waals surface area contributed by atoms with E-state index in [9.17, 15) is 4.79 Å².